The van der Waals surface area contributed by atoms with E-state index >= 15 is 0 Å². The molecule has 2 aromatic carbocycles. The van der Waals surface area contributed by atoms with Crippen LogP contribution in [0.5, 0.6) is 0 Å². The minimum absolute atomic E-state index is 0.567. The van der Waals surface area contributed by atoms with E-state index < -0.39 is 0 Å². The number of nitrogens with zero attached hydrogens (tertiary/aromatic N) is 5. The van der Waals surface area contributed by atoms with E-state index in [4.69, 9.17) is 33.9 Å². The van der Waals surface area contributed by atoms with Crippen LogP contribution >= 0.6 is 0 Å². The minimum atomic E-state index is 0.567. The van der Waals surface area contributed by atoms with Crippen LogP contribution in [0.1, 0.15) is 22.5 Å². The molecule has 0 amide bonds. The number of aromatic nitrogens is 1. The van der Waals surface area contributed by atoms with Crippen LogP contribution in [0.2, 0.25) is 0 Å². The maximum atomic E-state index is 5.95. The molecule has 1 saturated heterocycles. The van der Waals surface area contributed by atoms with Crippen molar-refractivity contribution in [3.05, 3.63) is 89.2 Å². The van der Waals surface area contributed by atoms with Crippen LogP contribution in [-0.4, -0.2) is 106 Å². The van der Waals surface area contributed by atoms with Gasteiger partial charge in [0.25, 0.3) is 0 Å². The molecule has 4 heterocycles. The zero-order valence-corrected chi connectivity index (χ0v) is 24.3. The summed E-state index contributed by atoms with van der Waals surface area (Å²) in [6.45, 7) is 9.38. The molecule has 4 bridgehead atoms. The molecule has 3 aromatic rings. The van der Waals surface area contributed by atoms with Gasteiger partial charge in [-0.2, -0.15) is 0 Å². The number of para-hydroxylation sites is 2. The predicted octanol–water partition coefficient (Wildman–Crippen LogP) is 4.28. The number of benzene rings is 2. The molecule has 6 rings (SSSR count). The summed E-state index contributed by atoms with van der Waals surface area (Å²) in [6.07, 6.45) is 3.65. The van der Waals surface area contributed by atoms with Crippen molar-refractivity contribution in [2.75, 3.05) is 79.0 Å². The van der Waals surface area contributed by atoms with Crippen LogP contribution in [0.15, 0.2) is 76.7 Å². The number of fused-ring (bicyclic) bond motifs is 14. The fourth-order valence-electron chi connectivity index (χ4n) is 4.87. The smallest absolute Gasteiger partial charge is 0.0820 e. The molecule has 1 fully saturated rings. The van der Waals surface area contributed by atoms with E-state index in [-0.39, 0.29) is 0 Å². The van der Waals surface area contributed by atoms with Crippen LogP contribution in [0.4, 0.5) is 11.4 Å². The molecule has 0 aliphatic carbocycles. The molecular weight excluding hydrogens is 530 g/mol. The quantitative estimate of drug-likeness (QED) is 0.399. The van der Waals surface area contributed by atoms with Gasteiger partial charge in [-0.25, -0.2) is 4.98 Å². The van der Waals surface area contributed by atoms with Crippen LogP contribution < -0.4 is 0 Å². The Kier molecular flexibility index (Phi) is 12.2. The Morgan fingerprint density at radius 3 is 1.29 bits per heavy atom. The first-order valence-electron chi connectivity index (χ1n) is 14.8. The SMILES string of the molecule is C1=Nc2ccccc2CN2CCOCCOCCN(CCOCCOCC2)Cc2ccccc2N=Cc2cccc1n2. The lowest BCUT2D eigenvalue weighted by Gasteiger charge is -2.24. The van der Waals surface area contributed by atoms with E-state index in [0.717, 1.165) is 73.2 Å². The van der Waals surface area contributed by atoms with Gasteiger partial charge in [0.05, 0.1) is 88.0 Å². The predicted molar refractivity (Wildman–Crippen MR) is 165 cm³/mol. The lowest BCUT2D eigenvalue weighted by atomic mass is 10.1. The van der Waals surface area contributed by atoms with Gasteiger partial charge < -0.3 is 18.9 Å². The summed E-state index contributed by atoms with van der Waals surface area (Å²) < 4.78 is 23.8. The molecule has 3 aliphatic rings. The summed E-state index contributed by atoms with van der Waals surface area (Å²) in [5, 5.41) is 0. The van der Waals surface area contributed by atoms with Crippen LogP contribution in [0.25, 0.3) is 0 Å². The third-order valence-electron chi connectivity index (χ3n) is 7.19. The van der Waals surface area contributed by atoms with Crippen molar-refractivity contribution in [2.24, 2.45) is 9.98 Å². The first-order chi connectivity index (χ1) is 20.8. The summed E-state index contributed by atoms with van der Waals surface area (Å²) in [4.78, 5) is 19.1. The van der Waals surface area contributed by atoms with E-state index in [2.05, 4.69) is 34.1 Å². The Labute approximate surface area is 248 Å². The van der Waals surface area contributed by atoms with Gasteiger partial charge in [0, 0.05) is 39.3 Å². The first kappa shape index (κ1) is 30.2. The van der Waals surface area contributed by atoms with E-state index in [1.165, 1.54) is 0 Å². The zero-order chi connectivity index (χ0) is 28.7. The monoisotopic (exact) mass is 571 g/mol. The van der Waals surface area contributed by atoms with Crippen LogP contribution in [0, 0.1) is 0 Å². The third kappa shape index (κ3) is 9.90. The number of hydrogen-bond acceptors (Lipinski definition) is 9. The fourth-order valence-corrected chi connectivity index (χ4v) is 4.87. The topological polar surface area (TPSA) is 81.0 Å². The molecule has 1 aromatic heterocycles. The molecule has 0 radical (unpaired) electrons. The molecule has 0 atom stereocenters. The highest BCUT2D eigenvalue weighted by Gasteiger charge is 2.12. The van der Waals surface area contributed by atoms with Crippen molar-refractivity contribution < 1.29 is 18.9 Å². The van der Waals surface area contributed by atoms with Crippen molar-refractivity contribution in [1.29, 1.82) is 0 Å². The van der Waals surface area contributed by atoms with Gasteiger partial charge in [-0.1, -0.05) is 42.5 Å². The lowest BCUT2D eigenvalue weighted by molar-refractivity contribution is 0.00627. The highest BCUT2D eigenvalue weighted by molar-refractivity contribution is 5.84. The average Bonchev–Trinajstić information content (AvgIpc) is 3.01. The van der Waals surface area contributed by atoms with Gasteiger partial charge in [-0.15, -0.1) is 0 Å². The van der Waals surface area contributed by atoms with E-state index in [0.29, 0.717) is 52.9 Å². The Bertz CT molecular complexity index is 1190. The molecule has 9 heteroatoms. The van der Waals surface area contributed by atoms with Crippen molar-refractivity contribution in [3.8, 4) is 0 Å². The average molecular weight is 572 g/mol. The number of hydrogen-bond donors (Lipinski definition) is 0. The Morgan fingerprint density at radius 2 is 0.857 bits per heavy atom. The zero-order valence-electron chi connectivity index (χ0n) is 24.3. The fraction of sp³-hybridized carbons (Fsp3) is 0.424. The second-order valence-corrected chi connectivity index (χ2v) is 10.3. The maximum Gasteiger partial charge on any atom is 0.0820 e. The number of rotatable bonds is 0. The summed E-state index contributed by atoms with van der Waals surface area (Å²) >= 11 is 0. The number of pyridine rings is 1. The van der Waals surface area contributed by atoms with E-state index in [1.807, 2.05) is 54.9 Å². The van der Waals surface area contributed by atoms with Crippen LogP contribution in [-0.2, 0) is 32.0 Å². The molecule has 0 saturated carbocycles. The van der Waals surface area contributed by atoms with Gasteiger partial charge in [0.2, 0.25) is 0 Å². The summed E-state index contributed by atoms with van der Waals surface area (Å²) in [5.41, 5.74) is 5.68. The van der Waals surface area contributed by atoms with Crippen LogP contribution in [0.3, 0.4) is 0 Å². The van der Waals surface area contributed by atoms with Gasteiger partial charge >= 0.3 is 0 Å². The summed E-state index contributed by atoms with van der Waals surface area (Å²) in [6, 6.07) is 22.4. The second-order valence-electron chi connectivity index (χ2n) is 10.3. The van der Waals surface area contributed by atoms with E-state index in [1.54, 1.807) is 0 Å². The standard InChI is InChI=1S/C33H41N5O4/c1-3-10-32-28(6-1)26-37-12-16-39-20-22-41-18-14-38(15-19-42-23-21-40-17-13-37)27-29-7-2-4-11-33(29)35-25-31-9-5-8-30(36-31)24-34-32/h1-11,24-25H,12-23,26-27H2. The third-order valence-corrected chi connectivity index (χ3v) is 7.19. The van der Waals surface area contributed by atoms with Gasteiger partial charge in [-0.3, -0.25) is 19.8 Å². The van der Waals surface area contributed by atoms with Crippen molar-refractivity contribution >= 4 is 23.8 Å². The molecule has 9 nitrogen and oxygen atoms in total. The summed E-state index contributed by atoms with van der Waals surface area (Å²) in [5.74, 6) is 0. The van der Waals surface area contributed by atoms with Gasteiger partial charge in [0.1, 0.15) is 0 Å². The Morgan fingerprint density at radius 1 is 0.452 bits per heavy atom. The normalized spacial score (nSPS) is 21.8. The molecule has 0 spiro atoms. The molecular formula is C33H41N5O4. The summed E-state index contributed by atoms with van der Waals surface area (Å²) in [7, 11) is 0. The second kappa shape index (κ2) is 17.0. The van der Waals surface area contributed by atoms with Gasteiger partial charge in [-0.05, 0) is 35.4 Å². The Hall–Kier alpha value is -3.31. The van der Waals surface area contributed by atoms with E-state index in [9.17, 15) is 0 Å². The maximum absolute atomic E-state index is 5.95. The highest BCUT2D eigenvalue weighted by Crippen LogP contribution is 2.22. The lowest BCUT2D eigenvalue weighted by Crippen LogP contribution is -2.32. The van der Waals surface area contributed by atoms with Crippen molar-refractivity contribution in [1.82, 2.24) is 14.8 Å². The largest absolute Gasteiger partial charge is 0.378 e. The highest BCUT2D eigenvalue weighted by atomic mass is 16.5. The minimum Gasteiger partial charge on any atom is -0.378 e. The molecule has 0 unspecified atom stereocenters. The van der Waals surface area contributed by atoms with Crippen molar-refractivity contribution in [2.45, 2.75) is 13.1 Å². The first-order valence-corrected chi connectivity index (χ1v) is 14.8. The van der Waals surface area contributed by atoms with Gasteiger partial charge in [0.15, 0.2) is 0 Å². The number of ether oxygens (including phenoxy) is 4. The molecule has 222 valence electrons. The molecule has 3 aliphatic heterocycles. The number of aliphatic imine (C=N–C) groups is 2. The van der Waals surface area contributed by atoms with Crippen molar-refractivity contribution in [3.63, 3.8) is 0 Å². The Balaban J connectivity index is 1.46. The molecule has 0 N–H and O–H groups in total. The molecule has 42 heavy (non-hydrogen) atoms.